The number of hydrogen-bond acceptors (Lipinski definition) is 5. The van der Waals surface area contributed by atoms with Crippen molar-refractivity contribution < 1.29 is 18.0 Å². The Labute approximate surface area is 145 Å². The molecule has 1 aromatic heterocycles. The second kappa shape index (κ2) is 7.79. The summed E-state index contributed by atoms with van der Waals surface area (Å²) in [6.45, 7) is 1.34. The normalized spacial score (nSPS) is 20.5. The summed E-state index contributed by atoms with van der Waals surface area (Å²) in [6, 6.07) is 5.43. The first kappa shape index (κ1) is 17.6. The number of benzene rings is 1. The van der Waals surface area contributed by atoms with Crippen LogP contribution in [0, 0.1) is 5.82 Å². The molecule has 25 heavy (non-hydrogen) atoms. The zero-order valence-electron chi connectivity index (χ0n) is 13.0. The largest absolute Gasteiger partial charge is 0.333 e. The lowest BCUT2D eigenvalue weighted by Gasteiger charge is -2.33. The third-order valence-electron chi connectivity index (χ3n) is 3.94. The van der Waals surface area contributed by atoms with Crippen LogP contribution in [0.4, 0.5) is 23.1 Å². The summed E-state index contributed by atoms with van der Waals surface area (Å²) < 4.78 is 38.1. The zero-order valence-corrected chi connectivity index (χ0v) is 13.8. The number of anilines is 1. The molecule has 2 aromatic rings. The van der Waals surface area contributed by atoms with Gasteiger partial charge < -0.3 is 10.6 Å². The monoisotopic (exact) mass is 371 g/mol. The predicted molar refractivity (Wildman–Crippen MR) is 87.4 cm³/mol. The molecule has 2 heterocycles. The van der Waals surface area contributed by atoms with E-state index in [2.05, 4.69) is 26.1 Å². The first-order valence-corrected chi connectivity index (χ1v) is 8.50. The van der Waals surface area contributed by atoms with Gasteiger partial charge in [-0.15, -0.1) is 10.2 Å². The van der Waals surface area contributed by atoms with Gasteiger partial charge in [-0.25, -0.2) is 18.0 Å². The van der Waals surface area contributed by atoms with Gasteiger partial charge in [0.15, 0.2) is 5.01 Å². The Morgan fingerprint density at radius 1 is 1.28 bits per heavy atom. The number of alkyl halides is 2. The predicted octanol–water partition coefficient (Wildman–Crippen LogP) is 2.88. The first-order valence-electron chi connectivity index (χ1n) is 7.68. The van der Waals surface area contributed by atoms with Crippen molar-refractivity contribution in [1.29, 1.82) is 0 Å². The molecule has 0 aliphatic carbocycles. The van der Waals surface area contributed by atoms with Crippen molar-refractivity contribution in [2.45, 2.75) is 24.8 Å². The van der Waals surface area contributed by atoms with Crippen molar-refractivity contribution in [3.8, 4) is 0 Å². The summed E-state index contributed by atoms with van der Waals surface area (Å²) in [6.07, 6.45) is -1.94. The number of piperidine rings is 1. The van der Waals surface area contributed by atoms with Gasteiger partial charge in [0, 0.05) is 18.5 Å². The maximum Gasteiger partial charge on any atom is 0.321 e. The minimum Gasteiger partial charge on any atom is -0.333 e. The molecule has 10 heteroatoms. The van der Waals surface area contributed by atoms with Crippen LogP contribution in [0.2, 0.25) is 0 Å². The van der Waals surface area contributed by atoms with E-state index in [1.165, 1.54) is 12.1 Å². The van der Waals surface area contributed by atoms with E-state index in [0.29, 0.717) is 17.9 Å². The van der Waals surface area contributed by atoms with E-state index in [4.69, 9.17) is 0 Å². The van der Waals surface area contributed by atoms with Crippen LogP contribution in [-0.2, 0) is 0 Å². The summed E-state index contributed by atoms with van der Waals surface area (Å²) in [7, 11) is 0. The van der Waals surface area contributed by atoms with E-state index in [1.807, 2.05) is 0 Å². The van der Waals surface area contributed by atoms with Crippen LogP contribution < -0.4 is 16.0 Å². The molecule has 3 N–H and O–H groups in total. The van der Waals surface area contributed by atoms with Crippen LogP contribution in [0.15, 0.2) is 24.3 Å². The third kappa shape index (κ3) is 4.45. The number of aromatic nitrogens is 2. The smallest absolute Gasteiger partial charge is 0.321 e. The van der Waals surface area contributed by atoms with Gasteiger partial charge in [0.05, 0.1) is 0 Å². The number of nitrogens with one attached hydrogen (secondary N) is 3. The lowest BCUT2D eigenvalue weighted by Crippen LogP contribution is -2.51. The molecular formula is C15H16F3N5OS. The summed E-state index contributed by atoms with van der Waals surface area (Å²) in [5, 5.41) is 14.8. The fraction of sp³-hybridized carbons (Fsp3) is 0.400. The number of nitrogens with zero attached hydrogens (tertiary/aromatic N) is 2. The van der Waals surface area contributed by atoms with Gasteiger partial charge in [-0.05, 0) is 30.7 Å². The molecule has 2 atom stereocenters. The van der Waals surface area contributed by atoms with E-state index in [9.17, 15) is 18.0 Å². The number of urea groups is 1. The number of carbonyl (C=O) groups excluding carboxylic acids is 1. The number of halogens is 3. The Bertz CT molecular complexity index is 724. The van der Waals surface area contributed by atoms with Gasteiger partial charge in [0.25, 0.3) is 6.43 Å². The standard InChI is InChI=1S/C15H16F3N5OS/c16-9-3-1-8(2-4-9)10-5-6-19-7-11(10)20-14(24)21-15-23-22-13(25-15)12(17)18/h1-4,10-12,19H,5-7H2,(H2,20,21,23,24)/t10-,11-/m1/s1. The molecule has 1 aliphatic heterocycles. The fourth-order valence-corrected chi connectivity index (χ4v) is 3.39. The molecular weight excluding hydrogens is 355 g/mol. The molecule has 1 aromatic carbocycles. The van der Waals surface area contributed by atoms with Crippen molar-refractivity contribution in [3.63, 3.8) is 0 Å². The molecule has 0 bridgehead atoms. The van der Waals surface area contributed by atoms with E-state index in [-0.39, 0.29) is 22.9 Å². The molecule has 0 radical (unpaired) electrons. The molecule has 3 rings (SSSR count). The molecule has 0 spiro atoms. The average molecular weight is 371 g/mol. The molecule has 1 fully saturated rings. The highest BCUT2D eigenvalue weighted by molar-refractivity contribution is 7.15. The Hall–Kier alpha value is -2.20. The lowest BCUT2D eigenvalue weighted by molar-refractivity contribution is 0.150. The number of amides is 2. The molecule has 0 saturated carbocycles. The Balaban J connectivity index is 1.64. The SMILES string of the molecule is O=C(Nc1nnc(C(F)F)s1)N[C@@H]1CNCC[C@@H]1c1ccc(F)cc1. The molecule has 1 aliphatic rings. The van der Waals surface area contributed by atoms with Crippen molar-refractivity contribution in [2.24, 2.45) is 0 Å². The van der Waals surface area contributed by atoms with E-state index in [1.54, 1.807) is 12.1 Å². The van der Waals surface area contributed by atoms with Crippen LogP contribution in [0.5, 0.6) is 0 Å². The van der Waals surface area contributed by atoms with E-state index < -0.39 is 17.5 Å². The Morgan fingerprint density at radius 3 is 2.72 bits per heavy atom. The number of hydrogen-bond donors (Lipinski definition) is 3. The van der Waals surface area contributed by atoms with Crippen molar-refractivity contribution in [1.82, 2.24) is 20.8 Å². The maximum atomic E-state index is 13.1. The van der Waals surface area contributed by atoms with Gasteiger partial charge in [-0.3, -0.25) is 5.32 Å². The minimum absolute atomic E-state index is 0.00917. The van der Waals surface area contributed by atoms with Crippen LogP contribution in [0.1, 0.15) is 29.3 Å². The van der Waals surface area contributed by atoms with Gasteiger partial charge in [-0.1, -0.05) is 23.5 Å². The minimum atomic E-state index is -2.72. The highest BCUT2D eigenvalue weighted by atomic mass is 32.1. The van der Waals surface area contributed by atoms with E-state index >= 15 is 0 Å². The van der Waals surface area contributed by atoms with Crippen molar-refractivity contribution in [2.75, 3.05) is 18.4 Å². The summed E-state index contributed by atoms with van der Waals surface area (Å²) in [4.78, 5) is 12.1. The van der Waals surface area contributed by atoms with Crippen LogP contribution in [0.3, 0.4) is 0 Å². The van der Waals surface area contributed by atoms with Gasteiger partial charge in [0.2, 0.25) is 5.13 Å². The summed E-state index contributed by atoms with van der Waals surface area (Å²) >= 11 is 0.629. The second-order valence-corrected chi connectivity index (χ2v) is 6.61. The van der Waals surface area contributed by atoms with Gasteiger partial charge in [-0.2, -0.15) is 0 Å². The number of rotatable bonds is 4. The molecule has 134 valence electrons. The lowest BCUT2D eigenvalue weighted by atomic mass is 9.86. The van der Waals surface area contributed by atoms with Crippen LogP contribution in [-0.4, -0.2) is 35.4 Å². The summed E-state index contributed by atoms with van der Waals surface area (Å²) in [5.74, 6) is -0.287. The topological polar surface area (TPSA) is 78.9 Å². The maximum absolute atomic E-state index is 13.1. The number of carbonyl (C=O) groups is 1. The highest BCUT2D eigenvalue weighted by Crippen LogP contribution is 2.27. The summed E-state index contributed by atoms with van der Waals surface area (Å²) in [5.41, 5.74) is 0.934. The van der Waals surface area contributed by atoms with Gasteiger partial charge in [0.1, 0.15) is 5.82 Å². The van der Waals surface area contributed by atoms with Crippen molar-refractivity contribution in [3.05, 3.63) is 40.7 Å². The Morgan fingerprint density at radius 2 is 2.04 bits per heavy atom. The molecule has 2 amide bonds. The van der Waals surface area contributed by atoms with Gasteiger partial charge >= 0.3 is 6.03 Å². The van der Waals surface area contributed by atoms with Crippen LogP contribution >= 0.6 is 11.3 Å². The third-order valence-corrected chi connectivity index (χ3v) is 4.79. The Kier molecular flexibility index (Phi) is 5.49. The van der Waals surface area contributed by atoms with E-state index in [0.717, 1.165) is 18.5 Å². The van der Waals surface area contributed by atoms with Crippen molar-refractivity contribution >= 4 is 22.5 Å². The van der Waals surface area contributed by atoms with Crippen LogP contribution in [0.25, 0.3) is 0 Å². The zero-order chi connectivity index (χ0) is 17.8. The average Bonchev–Trinajstić information content (AvgIpc) is 3.05. The molecule has 0 unspecified atom stereocenters. The second-order valence-electron chi connectivity index (χ2n) is 5.60. The highest BCUT2D eigenvalue weighted by Gasteiger charge is 2.28. The fourth-order valence-electron chi connectivity index (χ4n) is 2.79. The molecule has 6 nitrogen and oxygen atoms in total. The quantitative estimate of drug-likeness (QED) is 0.772. The first-order chi connectivity index (χ1) is 12.0. The molecule has 1 saturated heterocycles.